The number of hydrogen-bond acceptors (Lipinski definition) is 2. The van der Waals surface area contributed by atoms with Crippen LogP contribution >= 0.6 is 0 Å². The average molecular weight is 185 g/mol. The first-order valence-corrected chi connectivity index (χ1v) is 4.94. The van der Waals surface area contributed by atoms with Crippen molar-refractivity contribution in [1.29, 1.82) is 0 Å². The molecule has 1 aliphatic rings. The van der Waals surface area contributed by atoms with E-state index in [4.69, 9.17) is 5.73 Å². The number of likely N-dealkylation sites (tertiary alicyclic amines) is 1. The summed E-state index contributed by atoms with van der Waals surface area (Å²) in [5.41, 5.74) is 5.49. The monoisotopic (exact) mass is 185 g/mol. The van der Waals surface area contributed by atoms with Gasteiger partial charge in [-0.3, -0.25) is 0 Å². The summed E-state index contributed by atoms with van der Waals surface area (Å²) in [6.07, 6.45) is 3.36. The third-order valence-corrected chi connectivity index (χ3v) is 2.59. The Morgan fingerprint density at radius 1 is 1.69 bits per heavy atom. The summed E-state index contributed by atoms with van der Waals surface area (Å²) in [6.45, 7) is 2.49. The van der Waals surface area contributed by atoms with Crippen molar-refractivity contribution < 1.29 is 4.79 Å². The molecule has 0 saturated carbocycles. The van der Waals surface area contributed by atoms with E-state index < -0.39 is 0 Å². The number of rotatable bonds is 2. The smallest absolute Gasteiger partial charge is 0.317 e. The van der Waals surface area contributed by atoms with Crippen LogP contribution in [0.15, 0.2) is 0 Å². The maximum Gasteiger partial charge on any atom is 0.317 e. The fourth-order valence-corrected chi connectivity index (χ4v) is 1.88. The van der Waals surface area contributed by atoms with Crippen molar-refractivity contribution in [2.75, 3.05) is 26.7 Å². The van der Waals surface area contributed by atoms with Gasteiger partial charge in [-0.2, -0.15) is 0 Å². The Bertz CT molecular complexity index is 170. The van der Waals surface area contributed by atoms with Crippen molar-refractivity contribution in [3.05, 3.63) is 0 Å². The Hall–Kier alpha value is -0.770. The molecule has 3 N–H and O–H groups in total. The van der Waals surface area contributed by atoms with Gasteiger partial charge in [-0.15, -0.1) is 0 Å². The van der Waals surface area contributed by atoms with E-state index in [0.29, 0.717) is 5.92 Å². The fourth-order valence-electron chi connectivity index (χ4n) is 1.88. The first-order valence-electron chi connectivity index (χ1n) is 4.94. The lowest BCUT2D eigenvalue weighted by Crippen LogP contribution is -2.44. The fraction of sp³-hybridized carbons (Fsp3) is 0.889. The topological polar surface area (TPSA) is 58.4 Å². The van der Waals surface area contributed by atoms with Crippen molar-refractivity contribution in [2.24, 2.45) is 11.7 Å². The van der Waals surface area contributed by atoms with Crippen LogP contribution in [0.4, 0.5) is 4.79 Å². The number of nitrogens with zero attached hydrogens (tertiary/aromatic N) is 1. The zero-order valence-corrected chi connectivity index (χ0v) is 8.25. The number of nitrogens with two attached hydrogens (primary N) is 1. The summed E-state index contributed by atoms with van der Waals surface area (Å²) in [5, 5.41) is 2.65. The second-order valence-electron chi connectivity index (χ2n) is 3.59. The molecular formula is C9H19N3O. The number of carbonyl (C=O) groups excluding carboxylic acids is 1. The first kappa shape index (κ1) is 10.3. The maximum absolute atomic E-state index is 11.3. The molecule has 0 aromatic rings. The van der Waals surface area contributed by atoms with Gasteiger partial charge >= 0.3 is 6.03 Å². The normalized spacial score (nSPS) is 22.9. The van der Waals surface area contributed by atoms with Crippen LogP contribution in [0, 0.1) is 5.92 Å². The van der Waals surface area contributed by atoms with Crippen LogP contribution in [0.25, 0.3) is 0 Å². The van der Waals surface area contributed by atoms with Crippen LogP contribution < -0.4 is 11.1 Å². The quantitative estimate of drug-likeness (QED) is 0.653. The molecule has 1 saturated heterocycles. The van der Waals surface area contributed by atoms with Crippen LogP contribution in [0.2, 0.25) is 0 Å². The molecule has 4 heteroatoms. The number of piperidine rings is 1. The number of carbonyl (C=O) groups is 1. The van der Waals surface area contributed by atoms with Crippen molar-refractivity contribution in [3.8, 4) is 0 Å². The van der Waals surface area contributed by atoms with Crippen LogP contribution in [-0.2, 0) is 0 Å². The van der Waals surface area contributed by atoms with E-state index in [-0.39, 0.29) is 6.03 Å². The van der Waals surface area contributed by atoms with Crippen LogP contribution in [-0.4, -0.2) is 37.6 Å². The zero-order chi connectivity index (χ0) is 9.68. The lowest BCUT2D eigenvalue weighted by atomic mass is 9.95. The largest absolute Gasteiger partial charge is 0.341 e. The molecule has 0 aromatic carbocycles. The average Bonchev–Trinajstić information content (AvgIpc) is 2.18. The highest BCUT2D eigenvalue weighted by molar-refractivity contribution is 5.73. The van der Waals surface area contributed by atoms with E-state index in [0.717, 1.165) is 32.5 Å². The zero-order valence-electron chi connectivity index (χ0n) is 8.25. The molecule has 4 nitrogen and oxygen atoms in total. The van der Waals surface area contributed by atoms with Gasteiger partial charge in [0.1, 0.15) is 0 Å². The molecule has 0 radical (unpaired) electrons. The second-order valence-corrected chi connectivity index (χ2v) is 3.59. The standard InChI is InChI=1S/C9H19N3O/c1-11-9(13)12-6-2-3-8(7-12)4-5-10/h8H,2-7,10H2,1H3,(H,11,13). The van der Waals surface area contributed by atoms with Gasteiger partial charge < -0.3 is 16.0 Å². The first-order chi connectivity index (χ1) is 6.27. The summed E-state index contributed by atoms with van der Waals surface area (Å²) >= 11 is 0. The van der Waals surface area contributed by atoms with Crippen molar-refractivity contribution in [3.63, 3.8) is 0 Å². The van der Waals surface area contributed by atoms with Gasteiger partial charge in [-0.05, 0) is 31.7 Å². The lowest BCUT2D eigenvalue weighted by molar-refractivity contribution is 0.165. The number of hydrogen-bond donors (Lipinski definition) is 2. The Morgan fingerprint density at radius 3 is 3.08 bits per heavy atom. The van der Waals surface area contributed by atoms with Gasteiger partial charge in [-0.25, -0.2) is 4.79 Å². The van der Waals surface area contributed by atoms with E-state index in [1.54, 1.807) is 7.05 Å². The van der Waals surface area contributed by atoms with E-state index in [2.05, 4.69) is 5.32 Å². The third-order valence-electron chi connectivity index (χ3n) is 2.59. The molecule has 0 aliphatic carbocycles. The van der Waals surface area contributed by atoms with Gasteiger partial charge in [-0.1, -0.05) is 0 Å². The molecule has 13 heavy (non-hydrogen) atoms. The van der Waals surface area contributed by atoms with E-state index >= 15 is 0 Å². The highest BCUT2D eigenvalue weighted by Gasteiger charge is 2.21. The minimum absolute atomic E-state index is 0.0433. The van der Waals surface area contributed by atoms with Gasteiger partial charge in [0.15, 0.2) is 0 Å². The molecule has 1 aliphatic heterocycles. The predicted octanol–water partition coefficient (Wildman–Crippen LogP) is 0.387. The molecule has 0 bridgehead atoms. The molecular weight excluding hydrogens is 166 g/mol. The molecule has 76 valence electrons. The maximum atomic E-state index is 11.3. The highest BCUT2D eigenvalue weighted by atomic mass is 16.2. The Kier molecular flexibility index (Phi) is 4.02. The number of amides is 2. The van der Waals surface area contributed by atoms with E-state index in [9.17, 15) is 4.79 Å². The van der Waals surface area contributed by atoms with Gasteiger partial charge in [0.05, 0.1) is 0 Å². The van der Waals surface area contributed by atoms with E-state index in [1.165, 1.54) is 6.42 Å². The Morgan fingerprint density at radius 2 is 2.46 bits per heavy atom. The minimum atomic E-state index is 0.0433. The molecule has 1 unspecified atom stereocenters. The predicted molar refractivity (Wildman–Crippen MR) is 52.4 cm³/mol. The minimum Gasteiger partial charge on any atom is -0.341 e. The Labute approximate surface area is 79.5 Å². The van der Waals surface area contributed by atoms with Crippen molar-refractivity contribution in [1.82, 2.24) is 10.2 Å². The molecule has 1 heterocycles. The number of urea groups is 1. The molecule has 1 rings (SSSR count). The highest BCUT2D eigenvalue weighted by Crippen LogP contribution is 2.18. The van der Waals surface area contributed by atoms with Gasteiger partial charge in [0.25, 0.3) is 0 Å². The molecule has 1 atom stereocenters. The summed E-state index contributed by atoms with van der Waals surface area (Å²) in [4.78, 5) is 13.2. The van der Waals surface area contributed by atoms with Crippen LogP contribution in [0.1, 0.15) is 19.3 Å². The van der Waals surface area contributed by atoms with Crippen molar-refractivity contribution >= 4 is 6.03 Å². The van der Waals surface area contributed by atoms with E-state index in [1.807, 2.05) is 4.90 Å². The second kappa shape index (κ2) is 5.07. The van der Waals surface area contributed by atoms with Gasteiger partial charge in [0.2, 0.25) is 0 Å². The van der Waals surface area contributed by atoms with Gasteiger partial charge in [0, 0.05) is 20.1 Å². The summed E-state index contributed by atoms with van der Waals surface area (Å²) in [7, 11) is 1.68. The lowest BCUT2D eigenvalue weighted by Gasteiger charge is -2.32. The molecule has 0 aromatic heterocycles. The third kappa shape index (κ3) is 2.88. The summed E-state index contributed by atoms with van der Waals surface area (Å²) in [5.74, 6) is 0.607. The molecule has 0 spiro atoms. The number of nitrogens with one attached hydrogen (secondary N) is 1. The summed E-state index contributed by atoms with van der Waals surface area (Å²) in [6, 6.07) is 0.0433. The van der Waals surface area contributed by atoms with Crippen LogP contribution in [0.3, 0.4) is 0 Å². The molecule has 2 amide bonds. The summed E-state index contributed by atoms with van der Waals surface area (Å²) < 4.78 is 0. The molecule has 1 fully saturated rings. The van der Waals surface area contributed by atoms with Crippen molar-refractivity contribution in [2.45, 2.75) is 19.3 Å². The SMILES string of the molecule is CNC(=O)N1CCCC(CCN)C1. The van der Waals surface area contributed by atoms with Crippen LogP contribution in [0.5, 0.6) is 0 Å². The Balaban J connectivity index is 2.37.